The first kappa shape index (κ1) is 14.0. The summed E-state index contributed by atoms with van der Waals surface area (Å²) in [5.74, 6) is 0. The van der Waals surface area contributed by atoms with Crippen molar-refractivity contribution < 1.29 is 4.92 Å². The van der Waals surface area contributed by atoms with Crippen LogP contribution in [0, 0.1) is 10.1 Å². The lowest BCUT2D eigenvalue weighted by molar-refractivity contribution is -0.384. The van der Waals surface area contributed by atoms with Gasteiger partial charge < -0.3 is 4.90 Å². The van der Waals surface area contributed by atoms with Crippen molar-refractivity contribution in [2.24, 2.45) is 0 Å². The zero-order valence-electron chi connectivity index (χ0n) is 11.2. The number of rotatable bonds is 3. The van der Waals surface area contributed by atoms with Gasteiger partial charge in [-0.2, -0.15) is 0 Å². The average Bonchev–Trinajstić information content (AvgIpc) is 2.97. The molecule has 2 aromatic rings. The van der Waals surface area contributed by atoms with Crippen LogP contribution in [0.4, 0.5) is 11.4 Å². The fourth-order valence-electron chi connectivity index (χ4n) is 2.58. The van der Waals surface area contributed by atoms with Crippen molar-refractivity contribution in [3.05, 3.63) is 68.7 Å². The van der Waals surface area contributed by atoms with E-state index in [2.05, 4.69) is 38.3 Å². The number of nitrogens with zero attached hydrogens (tertiary/aromatic N) is 2. The van der Waals surface area contributed by atoms with Crippen LogP contribution in [-0.4, -0.2) is 18.0 Å². The van der Waals surface area contributed by atoms with Crippen LogP contribution in [0.3, 0.4) is 0 Å². The van der Waals surface area contributed by atoms with Crippen LogP contribution in [0.5, 0.6) is 0 Å². The Morgan fingerprint density at radius 3 is 2.67 bits per heavy atom. The van der Waals surface area contributed by atoms with Crippen LogP contribution in [0.2, 0.25) is 0 Å². The van der Waals surface area contributed by atoms with Gasteiger partial charge in [0.1, 0.15) is 6.17 Å². The SMILES string of the molecule is O=[N+]([O-])c1ccc(N2CCNC2c2cccc(Br)c2)cc1. The number of halogens is 1. The van der Waals surface area contributed by atoms with Crippen LogP contribution in [0.25, 0.3) is 0 Å². The molecule has 0 amide bonds. The molecule has 108 valence electrons. The molecule has 1 aliphatic heterocycles. The Morgan fingerprint density at radius 1 is 1.24 bits per heavy atom. The van der Waals surface area contributed by atoms with Gasteiger partial charge in [0.25, 0.3) is 5.69 Å². The topological polar surface area (TPSA) is 58.4 Å². The molecule has 1 heterocycles. The van der Waals surface area contributed by atoms with Gasteiger partial charge in [0.2, 0.25) is 0 Å². The minimum atomic E-state index is -0.377. The normalized spacial score (nSPS) is 18.0. The maximum Gasteiger partial charge on any atom is 0.269 e. The van der Waals surface area contributed by atoms with Gasteiger partial charge in [0.05, 0.1) is 4.92 Å². The van der Waals surface area contributed by atoms with E-state index in [1.54, 1.807) is 24.3 Å². The molecule has 1 saturated heterocycles. The Kier molecular flexibility index (Phi) is 3.90. The number of hydrogen-bond acceptors (Lipinski definition) is 4. The smallest absolute Gasteiger partial charge is 0.269 e. The van der Waals surface area contributed by atoms with Crippen molar-refractivity contribution in [2.45, 2.75) is 6.17 Å². The highest BCUT2D eigenvalue weighted by molar-refractivity contribution is 9.10. The van der Waals surface area contributed by atoms with Gasteiger partial charge in [-0.05, 0) is 29.8 Å². The molecule has 6 heteroatoms. The second-order valence-electron chi connectivity index (χ2n) is 4.88. The molecule has 0 aliphatic carbocycles. The second kappa shape index (κ2) is 5.83. The van der Waals surface area contributed by atoms with Gasteiger partial charge in [-0.25, -0.2) is 0 Å². The third kappa shape index (κ3) is 2.91. The quantitative estimate of drug-likeness (QED) is 0.682. The maximum atomic E-state index is 10.7. The van der Waals surface area contributed by atoms with Gasteiger partial charge in [-0.15, -0.1) is 0 Å². The average molecular weight is 348 g/mol. The number of nitro groups is 1. The van der Waals surface area contributed by atoms with Crippen LogP contribution in [0.15, 0.2) is 53.0 Å². The minimum Gasteiger partial charge on any atom is -0.351 e. The Balaban J connectivity index is 1.88. The largest absolute Gasteiger partial charge is 0.351 e. The summed E-state index contributed by atoms with van der Waals surface area (Å²) in [4.78, 5) is 12.6. The molecule has 2 aromatic carbocycles. The molecule has 21 heavy (non-hydrogen) atoms. The van der Waals surface area contributed by atoms with Crippen molar-refractivity contribution in [2.75, 3.05) is 18.0 Å². The highest BCUT2D eigenvalue weighted by Crippen LogP contribution is 2.30. The summed E-state index contributed by atoms with van der Waals surface area (Å²) in [5, 5.41) is 14.2. The Hall–Kier alpha value is -1.92. The Morgan fingerprint density at radius 2 is 2.00 bits per heavy atom. The molecule has 1 unspecified atom stereocenters. The summed E-state index contributed by atoms with van der Waals surface area (Å²) in [7, 11) is 0. The molecule has 0 bridgehead atoms. The first-order valence-corrected chi connectivity index (χ1v) is 7.44. The number of nitrogens with one attached hydrogen (secondary N) is 1. The minimum absolute atomic E-state index is 0.0870. The lowest BCUT2D eigenvalue weighted by Gasteiger charge is -2.26. The molecule has 3 rings (SSSR count). The third-order valence-electron chi connectivity index (χ3n) is 3.56. The summed E-state index contributed by atoms with van der Waals surface area (Å²) in [6, 6.07) is 14.9. The van der Waals surface area contributed by atoms with Gasteiger partial charge in [-0.1, -0.05) is 28.1 Å². The molecule has 1 fully saturated rings. The van der Waals surface area contributed by atoms with E-state index < -0.39 is 0 Å². The molecule has 0 aromatic heterocycles. The number of nitro benzene ring substituents is 1. The predicted octanol–water partition coefficient (Wildman–Crippen LogP) is 3.47. The monoisotopic (exact) mass is 347 g/mol. The van der Waals surface area contributed by atoms with E-state index in [0.717, 1.165) is 23.2 Å². The van der Waals surface area contributed by atoms with E-state index in [1.165, 1.54) is 5.56 Å². The standard InChI is InChI=1S/C15H14BrN3O2/c16-12-3-1-2-11(10-12)15-17-8-9-18(15)13-4-6-14(7-5-13)19(20)21/h1-7,10,15,17H,8-9H2. The lowest BCUT2D eigenvalue weighted by atomic mass is 10.1. The number of non-ortho nitro benzene ring substituents is 1. The lowest BCUT2D eigenvalue weighted by Crippen LogP contribution is -2.27. The van der Waals surface area contributed by atoms with Crippen LogP contribution < -0.4 is 10.2 Å². The van der Waals surface area contributed by atoms with E-state index >= 15 is 0 Å². The van der Waals surface area contributed by atoms with Crippen LogP contribution in [-0.2, 0) is 0 Å². The highest BCUT2D eigenvalue weighted by Gasteiger charge is 2.26. The Labute approximate surface area is 130 Å². The predicted molar refractivity (Wildman–Crippen MR) is 85.3 cm³/mol. The second-order valence-corrected chi connectivity index (χ2v) is 5.79. The molecule has 1 atom stereocenters. The first-order chi connectivity index (χ1) is 10.1. The molecule has 0 radical (unpaired) electrons. The third-order valence-corrected chi connectivity index (χ3v) is 4.05. The van der Waals surface area contributed by atoms with E-state index in [0.29, 0.717) is 0 Å². The van der Waals surface area contributed by atoms with Gasteiger partial charge in [0, 0.05) is 35.4 Å². The summed E-state index contributed by atoms with van der Waals surface area (Å²) in [5.41, 5.74) is 2.26. The van der Waals surface area contributed by atoms with Crippen molar-refractivity contribution >= 4 is 27.3 Å². The molecular weight excluding hydrogens is 334 g/mol. The van der Waals surface area contributed by atoms with Crippen LogP contribution in [0.1, 0.15) is 11.7 Å². The molecule has 1 N–H and O–H groups in total. The zero-order chi connectivity index (χ0) is 14.8. The van der Waals surface area contributed by atoms with E-state index in [4.69, 9.17) is 0 Å². The summed E-state index contributed by atoms with van der Waals surface area (Å²) < 4.78 is 1.04. The van der Waals surface area contributed by atoms with Crippen molar-refractivity contribution in [3.8, 4) is 0 Å². The van der Waals surface area contributed by atoms with Crippen molar-refractivity contribution in [3.63, 3.8) is 0 Å². The van der Waals surface area contributed by atoms with Crippen molar-refractivity contribution in [1.29, 1.82) is 0 Å². The summed E-state index contributed by atoms with van der Waals surface area (Å²) >= 11 is 3.49. The molecular formula is C15H14BrN3O2. The van der Waals surface area contributed by atoms with E-state index in [1.807, 2.05) is 12.1 Å². The first-order valence-electron chi connectivity index (χ1n) is 6.65. The van der Waals surface area contributed by atoms with Gasteiger partial charge in [-0.3, -0.25) is 15.4 Å². The summed E-state index contributed by atoms with van der Waals surface area (Å²) in [6.07, 6.45) is 0.0870. The highest BCUT2D eigenvalue weighted by atomic mass is 79.9. The maximum absolute atomic E-state index is 10.7. The molecule has 1 aliphatic rings. The fourth-order valence-corrected chi connectivity index (χ4v) is 3.00. The van der Waals surface area contributed by atoms with Crippen molar-refractivity contribution in [1.82, 2.24) is 5.32 Å². The fraction of sp³-hybridized carbons (Fsp3) is 0.200. The zero-order valence-corrected chi connectivity index (χ0v) is 12.8. The van der Waals surface area contributed by atoms with Crippen LogP contribution >= 0.6 is 15.9 Å². The van der Waals surface area contributed by atoms with Gasteiger partial charge >= 0.3 is 0 Å². The number of benzene rings is 2. The Bertz CT molecular complexity index is 660. The number of hydrogen-bond donors (Lipinski definition) is 1. The van der Waals surface area contributed by atoms with Gasteiger partial charge in [0.15, 0.2) is 0 Å². The number of anilines is 1. The molecule has 5 nitrogen and oxygen atoms in total. The molecule has 0 spiro atoms. The van der Waals surface area contributed by atoms with E-state index in [9.17, 15) is 10.1 Å². The molecule has 0 saturated carbocycles. The van der Waals surface area contributed by atoms with E-state index in [-0.39, 0.29) is 16.8 Å². The summed E-state index contributed by atoms with van der Waals surface area (Å²) in [6.45, 7) is 1.75.